The molecule has 4 heteroatoms. The van der Waals surface area contributed by atoms with Gasteiger partial charge in [-0.25, -0.2) is 0 Å². The van der Waals surface area contributed by atoms with Crippen LogP contribution in [0.5, 0.6) is 0 Å². The van der Waals surface area contributed by atoms with Crippen molar-refractivity contribution in [2.24, 2.45) is 93.9 Å². The second-order valence-corrected chi connectivity index (χ2v) is 15.1. The van der Waals surface area contributed by atoms with Crippen molar-refractivity contribution in [3.63, 3.8) is 0 Å². The smallest absolute Gasteiger partial charge is 0.00905 e. The molecule has 0 bridgehead atoms. The molecule has 0 aliphatic heterocycles. The van der Waals surface area contributed by atoms with Crippen LogP contribution in [0.15, 0.2) is 0 Å². The Morgan fingerprint density at radius 1 is 0.389 bits per heavy atom. The summed E-state index contributed by atoms with van der Waals surface area (Å²) in [4.78, 5) is 0. The van der Waals surface area contributed by atoms with Gasteiger partial charge in [0.05, 0.1) is 0 Å². The van der Waals surface area contributed by atoms with Crippen molar-refractivity contribution in [3.8, 4) is 0 Å². The normalized spacial score (nSPS) is 52.5. The average molecular weight is 503 g/mol. The summed E-state index contributed by atoms with van der Waals surface area (Å²) >= 11 is 0. The molecule has 4 fully saturated rings. The van der Waals surface area contributed by atoms with Crippen molar-refractivity contribution in [1.82, 2.24) is 0 Å². The molecular weight excluding hydrogens is 440 g/mol. The summed E-state index contributed by atoms with van der Waals surface area (Å²) in [5.41, 5.74) is 26.6. The van der Waals surface area contributed by atoms with Crippen molar-refractivity contribution in [2.45, 2.75) is 130 Å². The lowest BCUT2D eigenvalue weighted by atomic mass is 9.52. The van der Waals surface area contributed by atoms with Crippen LogP contribution in [0.4, 0.5) is 0 Å². The van der Waals surface area contributed by atoms with Crippen LogP contribution in [0, 0.1) is 71.0 Å². The number of nitrogens with two attached hydrogens (primary N) is 4. The number of hydrogen-bond donors (Lipinski definition) is 4. The zero-order valence-electron chi connectivity index (χ0n) is 24.6. The molecule has 210 valence electrons. The van der Waals surface area contributed by atoms with E-state index in [9.17, 15) is 0 Å². The molecule has 8 N–H and O–H groups in total. The summed E-state index contributed by atoms with van der Waals surface area (Å²) in [6.07, 6.45) is 13.0. The van der Waals surface area contributed by atoms with Crippen LogP contribution in [0.3, 0.4) is 0 Å². The Bertz CT molecular complexity index is 618. The second kappa shape index (κ2) is 11.9. The van der Waals surface area contributed by atoms with E-state index in [2.05, 4.69) is 41.5 Å². The molecule has 0 aromatic carbocycles. The van der Waals surface area contributed by atoms with E-state index in [1.807, 2.05) is 0 Å². The van der Waals surface area contributed by atoms with Gasteiger partial charge in [0.2, 0.25) is 0 Å². The van der Waals surface area contributed by atoms with Crippen LogP contribution in [-0.4, -0.2) is 24.2 Å². The minimum absolute atomic E-state index is 0.360. The van der Waals surface area contributed by atoms with E-state index >= 15 is 0 Å². The van der Waals surface area contributed by atoms with E-state index in [-0.39, 0.29) is 0 Å². The standard InChI is InChI=1S/C32H62N4/c1-17-11-23(7-9-27(17)33)29(24-8-10-28(34)18(2)12-24)30(25-13-19(3)31(35)20(4)14-25)26-15-21(5)32(36)22(6)16-26/h17-32H,7-16,33-36H2,1-6H3. The van der Waals surface area contributed by atoms with Crippen LogP contribution in [0.25, 0.3) is 0 Å². The average Bonchev–Trinajstić information content (AvgIpc) is 2.82. The van der Waals surface area contributed by atoms with E-state index in [0.717, 1.165) is 35.5 Å². The Balaban J connectivity index is 1.72. The molecule has 4 saturated carbocycles. The van der Waals surface area contributed by atoms with Gasteiger partial charge in [0.25, 0.3) is 0 Å². The summed E-state index contributed by atoms with van der Waals surface area (Å²) < 4.78 is 0. The quantitative estimate of drug-likeness (QED) is 0.383. The molecule has 0 amide bonds. The van der Waals surface area contributed by atoms with E-state index < -0.39 is 0 Å². The molecule has 4 nitrogen and oxygen atoms in total. The van der Waals surface area contributed by atoms with Crippen LogP contribution >= 0.6 is 0 Å². The van der Waals surface area contributed by atoms with Gasteiger partial charge < -0.3 is 22.9 Å². The van der Waals surface area contributed by atoms with E-state index in [1.165, 1.54) is 64.2 Å². The van der Waals surface area contributed by atoms with Crippen molar-refractivity contribution in [2.75, 3.05) is 0 Å². The van der Waals surface area contributed by atoms with Gasteiger partial charge in [0.1, 0.15) is 0 Å². The Labute approximate surface area is 223 Å². The first kappa shape index (κ1) is 28.8. The van der Waals surface area contributed by atoms with Gasteiger partial charge in [-0.1, -0.05) is 41.5 Å². The Kier molecular flexibility index (Phi) is 9.55. The third kappa shape index (κ3) is 6.02. The third-order valence-corrected chi connectivity index (χ3v) is 12.5. The highest BCUT2D eigenvalue weighted by atomic mass is 14.7. The zero-order valence-corrected chi connectivity index (χ0v) is 24.6. The van der Waals surface area contributed by atoms with Crippen LogP contribution in [0.2, 0.25) is 0 Å². The summed E-state index contributed by atoms with van der Waals surface area (Å²) in [5.74, 6) is 8.64. The van der Waals surface area contributed by atoms with E-state index in [0.29, 0.717) is 59.7 Å². The SMILES string of the molecule is CC1CC(C(C2CCC(N)C(C)C2)C(C2CC(C)C(N)C(C)C2)C2CC(C)C(N)C(C)C2)CCC1N. The molecule has 4 aliphatic rings. The Morgan fingerprint density at radius 3 is 0.972 bits per heavy atom. The monoisotopic (exact) mass is 502 g/mol. The highest BCUT2D eigenvalue weighted by Crippen LogP contribution is 2.55. The topological polar surface area (TPSA) is 104 Å². The first-order chi connectivity index (χ1) is 17.0. The maximum atomic E-state index is 6.71. The van der Waals surface area contributed by atoms with Crippen molar-refractivity contribution >= 4 is 0 Å². The largest absolute Gasteiger partial charge is 0.327 e. The third-order valence-electron chi connectivity index (χ3n) is 12.5. The van der Waals surface area contributed by atoms with Crippen molar-refractivity contribution in [1.29, 1.82) is 0 Å². The van der Waals surface area contributed by atoms with Crippen LogP contribution < -0.4 is 22.9 Å². The highest BCUT2D eigenvalue weighted by molar-refractivity contribution is 5.00. The summed E-state index contributed by atoms with van der Waals surface area (Å²) in [7, 11) is 0. The molecule has 4 aliphatic carbocycles. The van der Waals surface area contributed by atoms with Crippen molar-refractivity contribution in [3.05, 3.63) is 0 Å². The number of rotatable bonds is 5. The van der Waals surface area contributed by atoms with Gasteiger partial charge in [-0.15, -0.1) is 0 Å². The molecule has 0 spiro atoms. The minimum Gasteiger partial charge on any atom is -0.327 e. The first-order valence-corrected chi connectivity index (χ1v) is 16.0. The molecule has 0 saturated heterocycles. The highest BCUT2D eigenvalue weighted by Gasteiger charge is 2.49. The predicted molar refractivity (Wildman–Crippen MR) is 154 cm³/mol. The van der Waals surface area contributed by atoms with Crippen molar-refractivity contribution < 1.29 is 0 Å². The van der Waals surface area contributed by atoms with Gasteiger partial charge in [-0.2, -0.15) is 0 Å². The van der Waals surface area contributed by atoms with Gasteiger partial charge in [-0.3, -0.25) is 0 Å². The van der Waals surface area contributed by atoms with Gasteiger partial charge in [-0.05, 0) is 135 Å². The van der Waals surface area contributed by atoms with Crippen LogP contribution in [0.1, 0.15) is 106 Å². The lowest BCUT2D eigenvalue weighted by Crippen LogP contribution is -2.52. The maximum absolute atomic E-state index is 6.71. The fraction of sp³-hybridized carbons (Fsp3) is 1.00. The molecule has 0 radical (unpaired) electrons. The molecule has 0 aromatic rings. The molecule has 0 heterocycles. The van der Waals surface area contributed by atoms with Crippen LogP contribution in [-0.2, 0) is 0 Å². The molecular formula is C32H62N4. The van der Waals surface area contributed by atoms with Gasteiger partial charge in [0.15, 0.2) is 0 Å². The molecule has 36 heavy (non-hydrogen) atoms. The van der Waals surface area contributed by atoms with Gasteiger partial charge >= 0.3 is 0 Å². The zero-order chi connectivity index (χ0) is 26.3. The Hall–Kier alpha value is -0.160. The number of hydrogen-bond acceptors (Lipinski definition) is 4. The minimum atomic E-state index is 0.360. The van der Waals surface area contributed by atoms with E-state index in [4.69, 9.17) is 22.9 Å². The van der Waals surface area contributed by atoms with Gasteiger partial charge in [0, 0.05) is 24.2 Å². The summed E-state index contributed by atoms with van der Waals surface area (Å²) in [5, 5.41) is 0. The predicted octanol–water partition coefficient (Wildman–Crippen LogP) is 5.76. The summed E-state index contributed by atoms with van der Waals surface area (Å²) in [6.45, 7) is 14.6. The molecule has 4 rings (SSSR count). The van der Waals surface area contributed by atoms with E-state index in [1.54, 1.807) is 0 Å². The maximum Gasteiger partial charge on any atom is 0.00905 e. The molecule has 0 aromatic heterocycles. The Morgan fingerprint density at radius 2 is 0.667 bits per heavy atom. The lowest BCUT2D eigenvalue weighted by molar-refractivity contribution is -0.0412. The fourth-order valence-electron chi connectivity index (χ4n) is 10.1. The first-order valence-electron chi connectivity index (χ1n) is 16.0. The molecule has 10 unspecified atom stereocenters. The summed E-state index contributed by atoms with van der Waals surface area (Å²) in [6, 6.07) is 1.50. The fourth-order valence-corrected chi connectivity index (χ4v) is 10.1. The lowest BCUT2D eigenvalue weighted by Gasteiger charge is -2.54. The molecule has 10 atom stereocenters. The second-order valence-electron chi connectivity index (χ2n) is 15.1.